The minimum Gasteiger partial charge on any atom is -0.468 e. The molecule has 9 heteroatoms. The molecule has 1 amide bonds. The Kier molecular flexibility index (Phi) is 4.46. The zero-order valence-corrected chi connectivity index (χ0v) is 15.4. The van der Waals surface area contributed by atoms with Crippen molar-refractivity contribution in [1.29, 1.82) is 0 Å². The van der Waals surface area contributed by atoms with Crippen LogP contribution in [0.15, 0.2) is 70.2 Å². The summed E-state index contributed by atoms with van der Waals surface area (Å²) in [5.41, 5.74) is 7.72. The second-order valence-electron chi connectivity index (χ2n) is 6.11. The topological polar surface area (TPSA) is 131 Å². The number of primary amides is 1. The van der Waals surface area contributed by atoms with Crippen molar-refractivity contribution >= 4 is 27.0 Å². The number of H-pyrrole nitrogens is 1. The van der Waals surface area contributed by atoms with E-state index in [0.29, 0.717) is 28.2 Å². The Hall–Kier alpha value is -3.43. The van der Waals surface area contributed by atoms with Crippen LogP contribution in [0.1, 0.15) is 16.1 Å². The van der Waals surface area contributed by atoms with Crippen molar-refractivity contribution in [3.8, 4) is 11.4 Å². The second-order valence-corrected chi connectivity index (χ2v) is 7.88. The van der Waals surface area contributed by atoms with E-state index in [1.807, 2.05) is 0 Å². The first-order valence-corrected chi connectivity index (χ1v) is 9.83. The molecule has 0 bridgehead atoms. The zero-order valence-electron chi connectivity index (χ0n) is 14.5. The number of furan rings is 1. The monoisotopic (exact) mass is 396 g/mol. The molecule has 0 fully saturated rings. The minimum absolute atomic E-state index is 0.0723. The molecule has 0 radical (unpaired) electrons. The standard InChI is InChI=1S/C19H16N4O4S/c20-18(24)13-5-8-16-17(10-13)23-19(22-16)12-3-6-15(7-4-12)28(25,26)21-11-14-2-1-9-27-14/h1-10,21H,11H2,(H2,20,24)(H,22,23). The van der Waals surface area contributed by atoms with Crippen LogP contribution in [0.25, 0.3) is 22.4 Å². The molecule has 4 N–H and O–H groups in total. The third kappa shape index (κ3) is 3.53. The van der Waals surface area contributed by atoms with E-state index in [1.165, 1.54) is 18.4 Å². The number of fused-ring (bicyclic) bond motifs is 1. The van der Waals surface area contributed by atoms with Gasteiger partial charge < -0.3 is 15.1 Å². The fraction of sp³-hybridized carbons (Fsp3) is 0.0526. The lowest BCUT2D eigenvalue weighted by Crippen LogP contribution is -2.22. The smallest absolute Gasteiger partial charge is 0.248 e. The number of aromatic nitrogens is 2. The summed E-state index contributed by atoms with van der Waals surface area (Å²) >= 11 is 0. The van der Waals surface area contributed by atoms with Gasteiger partial charge in [0, 0.05) is 11.1 Å². The van der Waals surface area contributed by atoms with Gasteiger partial charge in [0.15, 0.2) is 0 Å². The number of aromatic amines is 1. The predicted molar refractivity (Wildman–Crippen MR) is 103 cm³/mol. The lowest BCUT2D eigenvalue weighted by molar-refractivity contribution is 0.100. The first-order valence-electron chi connectivity index (χ1n) is 8.34. The molecule has 4 aromatic rings. The maximum absolute atomic E-state index is 12.4. The van der Waals surface area contributed by atoms with Gasteiger partial charge in [0.2, 0.25) is 15.9 Å². The molecule has 2 aromatic carbocycles. The van der Waals surface area contributed by atoms with Crippen molar-refractivity contribution in [2.24, 2.45) is 5.73 Å². The molecule has 0 aliphatic rings. The van der Waals surface area contributed by atoms with Gasteiger partial charge in [0.25, 0.3) is 0 Å². The number of hydrogen-bond donors (Lipinski definition) is 3. The Bertz CT molecular complexity index is 1240. The average molecular weight is 396 g/mol. The molecule has 0 aliphatic carbocycles. The quantitative estimate of drug-likeness (QED) is 0.460. The first-order chi connectivity index (χ1) is 13.4. The summed E-state index contributed by atoms with van der Waals surface area (Å²) in [5, 5.41) is 0. The van der Waals surface area contributed by atoms with Gasteiger partial charge in [-0.15, -0.1) is 0 Å². The normalized spacial score (nSPS) is 11.7. The van der Waals surface area contributed by atoms with E-state index in [9.17, 15) is 13.2 Å². The fourth-order valence-electron chi connectivity index (χ4n) is 2.75. The number of sulfonamides is 1. The molecule has 0 saturated carbocycles. The number of rotatable bonds is 6. The van der Waals surface area contributed by atoms with Crippen LogP contribution < -0.4 is 10.5 Å². The molecule has 0 unspecified atom stereocenters. The predicted octanol–water partition coefficient (Wildman–Crippen LogP) is 2.40. The molecule has 28 heavy (non-hydrogen) atoms. The SMILES string of the molecule is NC(=O)c1ccc2[nH]c(-c3ccc(S(=O)(=O)NCc4ccco4)cc3)nc2c1. The number of nitrogens with two attached hydrogens (primary N) is 1. The molecular formula is C19H16N4O4S. The van der Waals surface area contributed by atoms with E-state index < -0.39 is 15.9 Å². The van der Waals surface area contributed by atoms with Crippen LogP contribution >= 0.6 is 0 Å². The summed E-state index contributed by atoms with van der Waals surface area (Å²) < 4.78 is 32.4. The number of carbonyl (C=O) groups is 1. The van der Waals surface area contributed by atoms with Gasteiger partial charge in [0.05, 0.1) is 28.7 Å². The van der Waals surface area contributed by atoms with E-state index in [-0.39, 0.29) is 11.4 Å². The molecule has 0 aliphatic heterocycles. The number of nitrogens with one attached hydrogen (secondary N) is 2. The Morgan fingerprint density at radius 2 is 1.93 bits per heavy atom. The Labute approximate surface area is 160 Å². The van der Waals surface area contributed by atoms with Crippen LogP contribution in [-0.4, -0.2) is 24.3 Å². The molecule has 142 valence electrons. The van der Waals surface area contributed by atoms with Gasteiger partial charge in [-0.3, -0.25) is 4.79 Å². The number of carbonyl (C=O) groups excluding carboxylic acids is 1. The van der Waals surface area contributed by atoms with Crippen LogP contribution in [0.3, 0.4) is 0 Å². The van der Waals surface area contributed by atoms with Gasteiger partial charge in [-0.2, -0.15) is 0 Å². The van der Waals surface area contributed by atoms with E-state index in [4.69, 9.17) is 10.2 Å². The van der Waals surface area contributed by atoms with Crippen molar-refractivity contribution in [2.45, 2.75) is 11.4 Å². The fourth-order valence-corrected chi connectivity index (χ4v) is 3.74. The molecule has 8 nitrogen and oxygen atoms in total. The molecular weight excluding hydrogens is 380 g/mol. The lowest BCUT2D eigenvalue weighted by atomic mass is 10.2. The number of nitrogens with zero attached hydrogens (tertiary/aromatic N) is 1. The number of amides is 1. The average Bonchev–Trinajstić information content (AvgIpc) is 3.35. The summed E-state index contributed by atoms with van der Waals surface area (Å²) in [6.07, 6.45) is 1.48. The van der Waals surface area contributed by atoms with Crippen molar-refractivity contribution in [3.63, 3.8) is 0 Å². The minimum atomic E-state index is -3.67. The van der Waals surface area contributed by atoms with Gasteiger partial charge in [-0.25, -0.2) is 18.1 Å². The Balaban J connectivity index is 1.57. The van der Waals surface area contributed by atoms with Crippen molar-refractivity contribution < 1.29 is 17.6 Å². The number of hydrogen-bond acceptors (Lipinski definition) is 5. The summed E-state index contributed by atoms with van der Waals surface area (Å²) in [7, 11) is -3.67. The molecule has 2 heterocycles. The van der Waals surface area contributed by atoms with Gasteiger partial charge in [-0.05, 0) is 54.6 Å². The van der Waals surface area contributed by atoms with E-state index in [2.05, 4.69) is 14.7 Å². The second kappa shape index (κ2) is 6.95. The van der Waals surface area contributed by atoms with Crippen molar-refractivity contribution in [3.05, 3.63) is 72.2 Å². The summed E-state index contributed by atoms with van der Waals surface area (Å²) in [5.74, 6) is 0.560. The highest BCUT2D eigenvalue weighted by atomic mass is 32.2. The number of benzene rings is 2. The van der Waals surface area contributed by atoms with Crippen molar-refractivity contribution in [2.75, 3.05) is 0 Å². The lowest BCUT2D eigenvalue weighted by Gasteiger charge is -2.06. The van der Waals surface area contributed by atoms with Gasteiger partial charge in [0.1, 0.15) is 11.6 Å². The maximum atomic E-state index is 12.4. The first kappa shape index (κ1) is 18.0. The molecule has 4 rings (SSSR count). The summed E-state index contributed by atoms with van der Waals surface area (Å²) in [6, 6.07) is 14.7. The zero-order chi connectivity index (χ0) is 19.7. The number of imidazole rings is 1. The van der Waals surface area contributed by atoms with Crippen LogP contribution in [-0.2, 0) is 16.6 Å². The van der Waals surface area contributed by atoms with E-state index in [1.54, 1.807) is 42.5 Å². The van der Waals surface area contributed by atoms with Crippen LogP contribution in [0.5, 0.6) is 0 Å². The van der Waals surface area contributed by atoms with Gasteiger partial charge in [-0.1, -0.05) is 0 Å². The largest absolute Gasteiger partial charge is 0.468 e. The third-order valence-corrected chi connectivity index (χ3v) is 5.64. The summed E-state index contributed by atoms with van der Waals surface area (Å²) in [4.78, 5) is 19.0. The van der Waals surface area contributed by atoms with Crippen LogP contribution in [0, 0.1) is 0 Å². The Morgan fingerprint density at radius 3 is 2.61 bits per heavy atom. The van der Waals surface area contributed by atoms with Crippen LogP contribution in [0.4, 0.5) is 0 Å². The third-order valence-electron chi connectivity index (χ3n) is 4.22. The highest BCUT2D eigenvalue weighted by molar-refractivity contribution is 7.89. The highest BCUT2D eigenvalue weighted by Crippen LogP contribution is 2.23. The Morgan fingerprint density at radius 1 is 1.14 bits per heavy atom. The molecule has 0 atom stereocenters. The maximum Gasteiger partial charge on any atom is 0.248 e. The highest BCUT2D eigenvalue weighted by Gasteiger charge is 2.15. The molecule has 0 spiro atoms. The molecule has 2 aromatic heterocycles. The van der Waals surface area contributed by atoms with Gasteiger partial charge >= 0.3 is 0 Å². The van der Waals surface area contributed by atoms with Crippen LogP contribution in [0.2, 0.25) is 0 Å². The molecule has 0 saturated heterocycles. The van der Waals surface area contributed by atoms with E-state index >= 15 is 0 Å². The van der Waals surface area contributed by atoms with E-state index in [0.717, 1.165) is 5.52 Å². The van der Waals surface area contributed by atoms with Crippen molar-refractivity contribution in [1.82, 2.24) is 14.7 Å². The summed E-state index contributed by atoms with van der Waals surface area (Å²) in [6.45, 7) is 0.0723.